The van der Waals surface area contributed by atoms with E-state index in [0.29, 0.717) is 24.0 Å². The van der Waals surface area contributed by atoms with Crippen molar-refractivity contribution in [2.75, 3.05) is 28.4 Å². The van der Waals surface area contributed by atoms with Crippen LogP contribution in [0.15, 0.2) is 39.5 Å². The van der Waals surface area contributed by atoms with E-state index in [2.05, 4.69) is 0 Å². The molecule has 1 aliphatic heterocycles. The molecular weight excluding hydrogens is 583 g/mol. The van der Waals surface area contributed by atoms with Crippen LogP contribution in [0.25, 0.3) is 22.3 Å². The summed E-state index contributed by atoms with van der Waals surface area (Å²) in [6.45, 7) is 0.681. The fourth-order valence-corrected chi connectivity index (χ4v) is 4.77. The summed E-state index contributed by atoms with van der Waals surface area (Å²) in [6, 6.07) is 4.99. The highest BCUT2D eigenvalue weighted by Gasteiger charge is 2.50. The number of ether oxygens (including phenoxy) is 5. The third kappa shape index (κ3) is 5.93. The van der Waals surface area contributed by atoms with Gasteiger partial charge in [0.1, 0.15) is 58.7 Å². The zero-order chi connectivity index (χ0) is 31.8. The predicted octanol–water partition coefficient (Wildman–Crippen LogP) is 2.08. The molecule has 1 fully saturated rings. The number of carbonyl (C=O) groups is 1. The second-order valence-corrected chi connectivity index (χ2v) is 9.66. The third-order valence-corrected chi connectivity index (χ3v) is 7.07. The molecule has 3 aromatic rings. The van der Waals surface area contributed by atoms with Gasteiger partial charge >= 0.3 is 6.18 Å². The van der Waals surface area contributed by atoms with E-state index in [9.17, 15) is 38.1 Å². The van der Waals surface area contributed by atoms with Crippen LogP contribution in [0.5, 0.6) is 23.0 Å². The molecule has 12 nitrogen and oxygen atoms in total. The lowest BCUT2D eigenvalue weighted by molar-refractivity contribution is -0.225. The molecule has 0 aliphatic carbocycles. The summed E-state index contributed by atoms with van der Waals surface area (Å²) < 4.78 is 72.3. The summed E-state index contributed by atoms with van der Waals surface area (Å²) in [7, 11) is 5.33. The van der Waals surface area contributed by atoms with Gasteiger partial charge in [0.25, 0.3) is 5.91 Å². The molecule has 0 unspecified atom stereocenters. The minimum absolute atomic E-state index is 0.0195. The van der Waals surface area contributed by atoms with E-state index in [-0.39, 0.29) is 33.8 Å². The van der Waals surface area contributed by atoms with Crippen LogP contribution in [-0.4, -0.2) is 86.3 Å². The SMILES string of the molecule is COc1ccc(-c2cc(=O)c3c(OC)c([C@H]4O[C@H](C(=O)N[C@H](C)C(F)(F)F)[C@@H](O)[C@H](O)[C@H]4O)c(OC)cc3o2)cc1OC. The van der Waals surface area contributed by atoms with Crippen LogP contribution in [0.4, 0.5) is 13.2 Å². The van der Waals surface area contributed by atoms with Crippen LogP contribution in [0.2, 0.25) is 0 Å². The van der Waals surface area contributed by atoms with Crippen molar-refractivity contribution in [1.82, 2.24) is 5.32 Å². The Morgan fingerprint density at radius 3 is 2.14 bits per heavy atom. The van der Waals surface area contributed by atoms with E-state index in [0.717, 1.165) is 0 Å². The monoisotopic (exact) mass is 613 g/mol. The number of hydrogen-bond donors (Lipinski definition) is 4. The number of methoxy groups -OCH3 is 4. The molecule has 234 valence electrons. The second kappa shape index (κ2) is 12.3. The van der Waals surface area contributed by atoms with E-state index in [1.54, 1.807) is 23.5 Å². The normalized spacial score (nSPS) is 23.0. The zero-order valence-electron chi connectivity index (χ0n) is 23.6. The Morgan fingerprint density at radius 1 is 0.907 bits per heavy atom. The lowest BCUT2D eigenvalue weighted by Crippen LogP contribution is -2.60. The largest absolute Gasteiger partial charge is 0.496 e. The average Bonchev–Trinajstić information content (AvgIpc) is 2.98. The van der Waals surface area contributed by atoms with Crippen molar-refractivity contribution >= 4 is 16.9 Å². The summed E-state index contributed by atoms with van der Waals surface area (Å²) in [6.07, 6.45) is -14.7. The van der Waals surface area contributed by atoms with Crippen molar-refractivity contribution in [3.05, 3.63) is 46.1 Å². The highest BCUT2D eigenvalue weighted by Crippen LogP contribution is 2.46. The van der Waals surface area contributed by atoms with Gasteiger partial charge in [0.2, 0.25) is 0 Å². The summed E-state index contributed by atoms with van der Waals surface area (Å²) in [5, 5.41) is 33.4. The van der Waals surface area contributed by atoms with E-state index < -0.39 is 54.1 Å². The standard InChI is InChI=1S/C28H30F3NO11/c1-11(28(29,30)31)32-27(37)26-23(36)21(34)22(35)25(43-26)20-17(40-4)10-18-19(24(20)41-5)13(33)9-15(42-18)12-6-7-14(38-2)16(8-12)39-3/h6-11,21-23,25-26,34-36H,1-5H3,(H,32,37)/t11-,21-,22-,23+,25-,26+/m1/s1. The van der Waals surface area contributed by atoms with Gasteiger partial charge in [-0.3, -0.25) is 9.59 Å². The lowest BCUT2D eigenvalue weighted by Gasteiger charge is -2.41. The van der Waals surface area contributed by atoms with Gasteiger partial charge in [0.15, 0.2) is 23.0 Å². The van der Waals surface area contributed by atoms with Crippen molar-refractivity contribution in [1.29, 1.82) is 0 Å². The summed E-state index contributed by atoms with van der Waals surface area (Å²) in [5.74, 6) is -0.754. The van der Waals surface area contributed by atoms with E-state index in [4.69, 9.17) is 28.1 Å². The summed E-state index contributed by atoms with van der Waals surface area (Å²) in [4.78, 5) is 26.1. The first-order chi connectivity index (χ1) is 20.3. The van der Waals surface area contributed by atoms with Crippen LogP contribution in [-0.2, 0) is 9.53 Å². The average molecular weight is 614 g/mol. The number of aliphatic hydroxyl groups is 3. The first kappa shape index (κ1) is 31.9. The second-order valence-electron chi connectivity index (χ2n) is 9.66. The minimum atomic E-state index is -4.80. The number of hydrogen-bond acceptors (Lipinski definition) is 11. The molecule has 1 aliphatic rings. The molecule has 0 saturated carbocycles. The Balaban J connectivity index is 1.83. The minimum Gasteiger partial charge on any atom is -0.496 e. The van der Waals surface area contributed by atoms with Crippen molar-refractivity contribution in [3.63, 3.8) is 0 Å². The molecule has 6 atom stereocenters. The molecule has 1 aromatic heterocycles. The van der Waals surface area contributed by atoms with Gasteiger partial charge in [-0.1, -0.05) is 0 Å². The molecular formula is C28H30F3NO11. The van der Waals surface area contributed by atoms with Gasteiger partial charge in [-0.2, -0.15) is 13.2 Å². The van der Waals surface area contributed by atoms with Crippen molar-refractivity contribution in [2.24, 2.45) is 0 Å². The lowest BCUT2D eigenvalue weighted by atomic mass is 9.89. The third-order valence-electron chi connectivity index (χ3n) is 7.07. The van der Waals surface area contributed by atoms with Crippen LogP contribution in [0, 0.1) is 0 Å². The number of amides is 1. The van der Waals surface area contributed by atoms with E-state index >= 15 is 0 Å². The molecule has 4 rings (SSSR count). The first-order valence-corrected chi connectivity index (χ1v) is 12.8. The highest BCUT2D eigenvalue weighted by molar-refractivity contribution is 5.89. The molecule has 0 spiro atoms. The van der Waals surface area contributed by atoms with E-state index in [1.165, 1.54) is 40.6 Å². The fraction of sp³-hybridized carbons (Fsp3) is 0.429. The quantitative estimate of drug-likeness (QED) is 0.294. The molecule has 43 heavy (non-hydrogen) atoms. The fourth-order valence-electron chi connectivity index (χ4n) is 4.77. The number of fused-ring (bicyclic) bond motifs is 1. The molecule has 0 bridgehead atoms. The smallest absolute Gasteiger partial charge is 0.408 e. The maximum absolute atomic E-state index is 13.5. The first-order valence-electron chi connectivity index (χ1n) is 12.8. The van der Waals surface area contributed by atoms with Crippen molar-refractivity contribution in [2.45, 2.75) is 49.7 Å². The molecule has 4 N–H and O–H groups in total. The number of nitrogens with one attached hydrogen (secondary N) is 1. The number of aliphatic hydroxyl groups excluding tert-OH is 3. The highest BCUT2D eigenvalue weighted by atomic mass is 19.4. The zero-order valence-corrected chi connectivity index (χ0v) is 23.6. The van der Waals surface area contributed by atoms with Gasteiger partial charge in [0.05, 0.1) is 34.0 Å². The Hall–Kier alpha value is -4.05. The van der Waals surface area contributed by atoms with Gasteiger partial charge in [-0.05, 0) is 25.1 Å². The number of carbonyl (C=O) groups excluding carboxylic acids is 1. The molecule has 0 radical (unpaired) electrons. The van der Waals surface area contributed by atoms with Crippen LogP contribution < -0.4 is 29.7 Å². The summed E-state index contributed by atoms with van der Waals surface area (Å²) in [5.41, 5.74) is -0.326. The van der Waals surface area contributed by atoms with Gasteiger partial charge in [-0.25, -0.2) is 0 Å². The predicted molar refractivity (Wildman–Crippen MR) is 143 cm³/mol. The molecule has 2 heterocycles. The number of rotatable bonds is 8. The Labute approximate surface area is 242 Å². The molecule has 1 saturated heterocycles. The van der Waals surface area contributed by atoms with Crippen molar-refractivity contribution < 1.29 is 61.4 Å². The number of halogens is 3. The van der Waals surface area contributed by atoms with E-state index in [1.807, 2.05) is 0 Å². The van der Waals surface area contributed by atoms with Crippen molar-refractivity contribution in [3.8, 4) is 34.3 Å². The van der Waals surface area contributed by atoms with Crippen LogP contribution in [0.3, 0.4) is 0 Å². The van der Waals surface area contributed by atoms with Gasteiger partial charge in [0, 0.05) is 17.7 Å². The molecule has 1 amide bonds. The maximum Gasteiger partial charge on any atom is 0.408 e. The van der Waals surface area contributed by atoms with Gasteiger partial charge in [-0.15, -0.1) is 0 Å². The number of alkyl halides is 3. The van der Waals surface area contributed by atoms with Crippen LogP contribution in [0.1, 0.15) is 18.6 Å². The Morgan fingerprint density at radius 2 is 1.56 bits per heavy atom. The van der Waals surface area contributed by atoms with Gasteiger partial charge < -0.3 is 48.7 Å². The molecule has 15 heteroatoms. The molecule has 2 aromatic carbocycles. The summed E-state index contributed by atoms with van der Waals surface area (Å²) >= 11 is 0. The number of benzene rings is 2. The Kier molecular flexibility index (Phi) is 9.11. The Bertz CT molecular complexity index is 1560. The van der Waals surface area contributed by atoms with Crippen LogP contribution >= 0.6 is 0 Å². The topological polar surface area (TPSA) is 166 Å². The maximum atomic E-state index is 13.5.